The summed E-state index contributed by atoms with van der Waals surface area (Å²) in [5, 5.41) is 3.54. The highest BCUT2D eigenvalue weighted by Crippen LogP contribution is 2.23. The van der Waals surface area contributed by atoms with Gasteiger partial charge in [-0.2, -0.15) is 0 Å². The Morgan fingerprint density at radius 3 is 2.41 bits per heavy atom. The number of carbonyl (C=O) groups is 2. The summed E-state index contributed by atoms with van der Waals surface area (Å²) < 4.78 is 0. The first-order valence-electron chi connectivity index (χ1n) is 7.58. The summed E-state index contributed by atoms with van der Waals surface area (Å²) in [5.74, 6) is -0.486. The SMILES string of the molecule is NC(=O)CN(CC(=O)NCc1ccc(Cl)cc1)C1CCCC1. The number of nitrogens with two attached hydrogens (primary N) is 1. The Morgan fingerprint density at radius 2 is 1.82 bits per heavy atom. The molecule has 2 amide bonds. The maximum absolute atomic E-state index is 12.1. The summed E-state index contributed by atoms with van der Waals surface area (Å²) in [6, 6.07) is 7.62. The lowest BCUT2D eigenvalue weighted by Gasteiger charge is -2.26. The molecule has 0 bridgehead atoms. The molecule has 1 aliphatic carbocycles. The van der Waals surface area contributed by atoms with Gasteiger partial charge in [0.2, 0.25) is 11.8 Å². The van der Waals surface area contributed by atoms with Crippen LogP contribution in [-0.4, -0.2) is 35.8 Å². The van der Waals surface area contributed by atoms with Crippen molar-refractivity contribution in [2.45, 2.75) is 38.3 Å². The van der Waals surface area contributed by atoms with Crippen molar-refractivity contribution >= 4 is 23.4 Å². The number of rotatable bonds is 7. The minimum Gasteiger partial charge on any atom is -0.369 e. The van der Waals surface area contributed by atoms with Crippen molar-refractivity contribution in [2.24, 2.45) is 5.73 Å². The van der Waals surface area contributed by atoms with Crippen LogP contribution in [0.1, 0.15) is 31.2 Å². The number of amides is 2. The number of halogens is 1. The van der Waals surface area contributed by atoms with Crippen LogP contribution in [0.25, 0.3) is 0 Å². The molecule has 1 aromatic carbocycles. The van der Waals surface area contributed by atoms with E-state index in [-0.39, 0.29) is 25.0 Å². The van der Waals surface area contributed by atoms with Crippen molar-refractivity contribution in [1.82, 2.24) is 10.2 Å². The number of nitrogens with zero attached hydrogens (tertiary/aromatic N) is 1. The average molecular weight is 324 g/mol. The van der Waals surface area contributed by atoms with Gasteiger partial charge in [-0.15, -0.1) is 0 Å². The number of hydrogen-bond donors (Lipinski definition) is 2. The molecule has 1 aliphatic rings. The van der Waals surface area contributed by atoms with E-state index in [4.69, 9.17) is 17.3 Å². The van der Waals surface area contributed by atoms with Crippen LogP contribution in [0.15, 0.2) is 24.3 Å². The third-order valence-corrected chi connectivity index (χ3v) is 4.20. The van der Waals surface area contributed by atoms with Gasteiger partial charge in [-0.3, -0.25) is 14.5 Å². The van der Waals surface area contributed by atoms with E-state index in [1.807, 2.05) is 17.0 Å². The Bertz CT molecular complexity index is 513. The van der Waals surface area contributed by atoms with E-state index >= 15 is 0 Å². The quantitative estimate of drug-likeness (QED) is 0.801. The summed E-state index contributed by atoms with van der Waals surface area (Å²) in [4.78, 5) is 25.2. The normalized spacial score (nSPS) is 15.2. The predicted molar refractivity (Wildman–Crippen MR) is 86.3 cm³/mol. The van der Waals surface area contributed by atoms with E-state index in [9.17, 15) is 9.59 Å². The summed E-state index contributed by atoms with van der Waals surface area (Å²) in [6.07, 6.45) is 4.34. The number of nitrogens with one attached hydrogen (secondary N) is 1. The van der Waals surface area contributed by atoms with Crippen LogP contribution in [0.5, 0.6) is 0 Å². The zero-order valence-electron chi connectivity index (χ0n) is 12.6. The molecule has 22 heavy (non-hydrogen) atoms. The number of carbonyl (C=O) groups excluding carboxylic acids is 2. The van der Waals surface area contributed by atoms with Gasteiger partial charge in [-0.25, -0.2) is 0 Å². The molecular formula is C16H22ClN3O2. The molecule has 1 aromatic rings. The van der Waals surface area contributed by atoms with Crippen LogP contribution in [-0.2, 0) is 16.1 Å². The van der Waals surface area contributed by atoms with Gasteiger partial charge in [0, 0.05) is 17.6 Å². The molecule has 2 rings (SSSR count). The van der Waals surface area contributed by atoms with Crippen molar-refractivity contribution < 1.29 is 9.59 Å². The number of primary amides is 1. The predicted octanol–water partition coefficient (Wildman–Crippen LogP) is 1.69. The Kier molecular flexibility index (Phi) is 6.21. The van der Waals surface area contributed by atoms with E-state index in [0.717, 1.165) is 31.2 Å². The Hall–Kier alpha value is -1.59. The number of hydrogen-bond acceptors (Lipinski definition) is 3. The first-order chi connectivity index (χ1) is 10.5. The van der Waals surface area contributed by atoms with Gasteiger partial charge < -0.3 is 11.1 Å². The molecule has 3 N–H and O–H groups in total. The summed E-state index contributed by atoms with van der Waals surface area (Å²) in [6.45, 7) is 0.797. The standard InChI is InChI=1S/C16H22ClN3O2/c17-13-7-5-12(6-8-13)9-19-16(22)11-20(10-15(18)21)14-3-1-2-4-14/h5-8,14H,1-4,9-11H2,(H2,18,21)(H,19,22). The minimum atomic E-state index is -0.391. The minimum absolute atomic E-state index is 0.0944. The zero-order valence-corrected chi connectivity index (χ0v) is 13.3. The fraction of sp³-hybridized carbons (Fsp3) is 0.500. The third kappa shape index (κ3) is 5.31. The second-order valence-corrected chi connectivity index (χ2v) is 6.15. The fourth-order valence-electron chi connectivity index (χ4n) is 2.83. The molecule has 0 unspecified atom stereocenters. The van der Waals surface area contributed by atoms with Crippen LogP contribution < -0.4 is 11.1 Å². The Morgan fingerprint density at radius 1 is 1.18 bits per heavy atom. The third-order valence-electron chi connectivity index (χ3n) is 3.95. The molecule has 1 fully saturated rings. The first-order valence-corrected chi connectivity index (χ1v) is 7.96. The molecule has 0 radical (unpaired) electrons. The first kappa shape index (κ1) is 16.8. The zero-order chi connectivity index (χ0) is 15.9. The highest BCUT2D eigenvalue weighted by atomic mass is 35.5. The molecule has 0 aromatic heterocycles. The Balaban J connectivity index is 1.84. The maximum Gasteiger partial charge on any atom is 0.234 e. The van der Waals surface area contributed by atoms with Gasteiger partial charge in [0.15, 0.2) is 0 Å². The molecule has 120 valence electrons. The largest absolute Gasteiger partial charge is 0.369 e. The van der Waals surface area contributed by atoms with E-state index in [2.05, 4.69) is 5.32 Å². The molecule has 0 spiro atoms. The number of benzene rings is 1. The molecule has 6 heteroatoms. The van der Waals surface area contributed by atoms with E-state index in [1.165, 1.54) is 0 Å². The molecule has 0 atom stereocenters. The van der Waals surface area contributed by atoms with Crippen molar-refractivity contribution in [3.8, 4) is 0 Å². The van der Waals surface area contributed by atoms with Gasteiger partial charge in [-0.05, 0) is 30.5 Å². The second-order valence-electron chi connectivity index (χ2n) is 5.71. The van der Waals surface area contributed by atoms with Crippen molar-refractivity contribution in [2.75, 3.05) is 13.1 Å². The van der Waals surface area contributed by atoms with Crippen LogP contribution in [0.3, 0.4) is 0 Å². The van der Waals surface area contributed by atoms with E-state index < -0.39 is 5.91 Å². The average Bonchev–Trinajstić information content (AvgIpc) is 3.00. The smallest absolute Gasteiger partial charge is 0.234 e. The summed E-state index contributed by atoms with van der Waals surface area (Å²) in [7, 11) is 0. The summed E-state index contributed by atoms with van der Waals surface area (Å²) >= 11 is 5.83. The topological polar surface area (TPSA) is 75.4 Å². The van der Waals surface area contributed by atoms with Crippen molar-refractivity contribution in [3.63, 3.8) is 0 Å². The van der Waals surface area contributed by atoms with Gasteiger partial charge >= 0.3 is 0 Å². The Labute approximate surface area is 135 Å². The van der Waals surface area contributed by atoms with Crippen LogP contribution in [0, 0.1) is 0 Å². The van der Waals surface area contributed by atoms with Gasteiger partial charge in [-0.1, -0.05) is 36.6 Å². The van der Waals surface area contributed by atoms with Gasteiger partial charge in [0.1, 0.15) is 0 Å². The van der Waals surface area contributed by atoms with E-state index in [0.29, 0.717) is 11.6 Å². The highest BCUT2D eigenvalue weighted by molar-refractivity contribution is 6.30. The van der Waals surface area contributed by atoms with Gasteiger partial charge in [0.25, 0.3) is 0 Å². The molecule has 5 nitrogen and oxygen atoms in total. The highest BCUT2D eigenvalue weighted by Gasteiger charge is 2.25. The molecule has 1 saturated carbocycles. The maximum atomic E-state index is 12.1. The van der Waals surface area contributed by atoms with Crippen molar-refractivity contribution in [1.29, 1.82) is 0 Å². The second kappa shape index (κ2) is 8.15. The lowest BCUT2D eigenvalue weighted by Crippen LogP contribution is -2.45. The monoisotopic (exact) mass is 323 g/mol. The lowest BCUT2D eigenvalue weighted by atomic mass is 10.2. The van der Waals surface area contributed by atoms with E-state index in [1.54, 1.807) is 12.1 Å². The fourth-order valence-corrected chi connectivity index (χ4v) is 2.95. The summed E-state index contributed by atoms with van der Waals surface area (Å²) in [5.41, 5.74) is 6.28. The van der Waals surface area contributed by atoms with Crippen LogP contribution in [0.4, 0.5) is 0 Å². The van der Waals surface area contributed by atoms with Crippen LogP contribution >= 0.6 is 11.6 Å². The van der Waals surface area contributed by atoms with Crippen molar-refractivity contribution in [3.05, 3.63) is 34.9 Å². The van der Waals surface area contributed by atoms with Crippen LogP contribution in [0.2, 0.25) is 5.02 Å². The van der Waals surface area contributed by atoms with Gasteiger partial charge in [0.05, 0.1) is 13.1 Å². The molecular weight excluding hydrogens is 302 g/mol. The molecule has 0 saturated heterocycles. The molecule has 0 aliphatic heterocycles. The lowest BCUT2D eigenvalue weighted by molar-refractivity contribution is -0.124. The molecule has 0 heterocycles.